The largest absolute Gasteiger partial charge is 0.285 e. The molecule has 0 aromatic heterocycles. The third-order valence-corrected chi connectivity index (χ3v) is 2.65. The summed E-state index contributed by atoms with van der Waals surface area (Å²) in [7, 11) is 1.47. The first-order valence-corrected chi connectivity index (χ1v) is 4.65. The highest BCUT2D eigenvalue weighted by atomic mass is 19.1. The Morgan fingerprint density at radius 3 is 2.33 bits per heavy atom. The summed E-state index contributed by atoms with van der Waals surface area (Å²) < 4.78 is 12.7. The van der Waals surface area contributed by atoms with Gasteiger partial charge in [0.1, 0.15) is 5.82 Å². The van der Waals surface area contributed by atoms with E-state index in [0.717, 1.165) is 4.90 Å². The number of hydrogen-bond acceptors (Lipinski definition) is 2. The SMILES string of the molecule is CN1C(=O)C[C@@H](c2ccc(F)cc2)C1=O. The lowest BCUT2D eigenvalue weighted by molar-refractivity contribution is -0.137. The van der Waals surface area contributed by atoms with Crippen LogP contribution in [0.5, 0.6) is 0 Å². The molecule has 1 fully saturated rings. The summed E-state index contributed by atoms with van der Waals surface area (Å²) in [6.07, 6.45) is 0.182. The van der Waals surface area contributed by atoms with Crippen LogP contribution in [0.2, 0.25) is 0 Å². The van der Waals surface area contributed by atoms with Crippen molar-refractivity contribution in [2.75, 3.05) is 7.05 Å². The molecule has 78 valence electrons. The minimum absolute atomic E-state index is 0.182. The second-order valence-electron chi connectivity index (χ2n) is 3.60. The molecular formula is C11H10FNO2. The molecule has 2 amide bonds. The lowest BCUT2D eigenvalue weighted by Crippen LogP contribution is -2.25. The highest BCUT2D eigenvalue weighted by Crippen LogP contribution is 2.28. The summed E-state index contributed by atoms with van der Waals surface area (Å²) in [5.41, 5.74) is 0.694. The Bertz CT molecular complexity index is 413. The van der Waals surface area contributed by atoms with Crippen LogP contribution in [0.15, 0.2) is 24.3 Å². The van der Waals surface area contributed by atoms with Crippen LogP contribution in [0.25, 0.3) is 0 Å². The van der Waals surface area contributed by atoms with Crippen molar-refractivity contribution >= 4 is 11.8 Å². The van der Waals surface area contributed by atoms with Crippen molar-refractivity contribution in [1.82, 2.24) is 4.90 Å². The normalized spacial score (nSPS) is 21.2. The number of imide groups is 1. The number of benzene rings is 1. The maximum Gasteiger partial charge on any atom is 0.236 e. The lowest BCUT2D eigenvalue weighted by Gasteiger charge is -2.08. The molecule has 1 aromatic rings. The Labute approximate surface area is 86.5 Å². The molecule has 1 aliphatic rings. The molecule has 3 nitrogen and oxygen atoms in total. The van der Waals surface area contributed by atoms with E-state index in [9.17, 15) is 14.0 Å². The van der Waals surface area contributed by atoms with Crippen molar-refractivity contribution in [3.8, 4) is 0 Å². The van der Waals surface area contributed by atoms with Gasteiger partial charge >= 0.3 is 0 Å². The summed E-state index contributed by atoms with van der Waals surface area (Å²) in [6, 6.07) is 5.69. The van der Waals surface area contributed by atoms with Crippen molar-refractivity contribution in [2.45, 2.75) is 12.3 Å². The van der Waals surface area contributed by atoms with Gasteiger partial charge in [-0.2, -0.15) is 0 Å². The zero-order valence-corrected chi connectivity index (χ0v) is 8.24. The van der Waals surface area contributed by atoms with E-state index in [1.165, 1.54) is 19.2 Å². The Kier molecular flexibility index (Phi) is 2.26. The molecular weight excluding hydrogens is 197 g/mol. The molecule has 0 unspecified atom stereocenters. The summed E-state index contributed by atoms with van der Waals surface area (Å²) in [6.45, 7) is 0. The Hall–Kier alpha value is -1.71. The van der Waals surface area contributed by atoms with E-state index < -0.39 is 5.92 Å². The number of likely N-dealkylation sites (tertiary alicyclic amines) is 1. The number of likely N-dealkylation sites (N-methyl/N-ethyl adjacent to an activating group) is 1. The van der Waals surface area contributed by atoms with Crippen molar-refractivity contribution in [3.63, 3.8) is 0 Å². The fraction of sp³-hybridized carbons (Fsp3) is 0.273. The van der Waals surface area contributed by atoms with Crippen molar-refractivity contribution in [3.05, 3.63) is 35.6 Å². The number of carbonyl (C=O) groups is 2. The topological polar surface area (TPSA) is 37.4 Å². The molecule has 1 aliphatic heterocycles. The highest BCUT2D eigenvalue weighted by Gasteiger charge is 2.36. The molecule has 1 atom stereocenters. The zero-order chi connectivity index (χ0) is 11.0. The minimum Gasteiger partial charge on any atom is -0.285 e. The quantitative estimate of drug-likeness (QED) is 0.651. The average Bonchev–Trinajstić information content (AvgIpc) is 2.47. The second kappa shape index (κ2) is 3.46. The molecule has 0 spiro atoms. The Morgan fingerprint density at radius 2 is 1.87 bits per heavy atom. The van der Waals surface area contributed by atoms with Gasteiger partial charge in [0.05, 0.1) is 5.92 Å². The van der Waals surface area contributed by atoms with Crippen LogP contribution in [-0.4, -0.2) is 23.8 Å². The molecule has 0 N–H and O–H groups in total. The van der Waals surface area contributed by atoms with E-state index in [-0.39, 0.29) is 24.1 Å². The molecule has 0 bridgehead atoms. The second-order valence-corrected chi connectivity index (χ2v) is 3.60. The van der Waals surface area contributed by atoms with Gasteiger partial charge in [-0.15, -0.1) is 0 Å². The number of amides is 2. The number of carbonyl (C=O) groups excluding carboxylic acids is 2. The van der Waals surface area contributed by atoms with Crippen LogP contribution in [0.4, 0.5) is 4.39 Å². The van der Waals surface area contributed by atoms with E-state index in [4.69, 9.17) is 0 Å². The first kappa shape index (κ1) is 9.83. The van der Waals surface area contributed by atoms with Gasteiger partial charge in [-0.1, -0.05) is 12.1 Å². The van der Waals surface area contributed by atoms with Crippen LogP contribution >= 0.6 is 0 Å². The number of nitrogens with zero attached hydrogens (tertiary/aromatic N) is 1. The van der Waals surface area contributed by atoms with E-state index in [1.54, 1.807) is 12.1 Å². The fourth-order valence-corrected chi connectivity index (χ4v) is 1.71. The van der Waals surface area contributed by atoms with E-state index in [1.807, 2.05) is 0 Å². The van der Waals surface area contributed by atoms with Gasteiger partial charge in [0.2, 0.25) is 11.8 Å². The molecule has 1 heterocycles. The Morgan fingerprint density at radius 1 is 1.27 bits per heavy atom. The maximum atomic E-state index is 12.7. The maximum absolute atomic E-state index is 12.7. The van der Waals surface area contributed by atoms with Gasteiger partial charge < -0.3 is 0 Å². The number of rotatable bonds is 1. The molecule has 15 heavy (non-hydrogen) atoms. The van der Waals surface area contributed by atoms with Crippen LogP contribution in [0, 0.1) is 5.82 Å². The predicted octanol–water partition coefficient (Wildman–Crippen LogP) is 1.30. The molecule has 2 rings (SSSR count). The van der Waals surface area contributed by atoms with Gasteiger partial charge in [-0.05, 0) is 17.7 Å². The zero-order valence-electron chi connectivity index (χ0n) is 8.24. The summed E-state index contributed by atoms with van der Waals surface area (Å²) in [5.74, 6) is -1.19. The van der Waals surface area contributed by atoms with Crippen molar-refractivity contribution in [2.24, 2.45) is 0 Å². The summed E-state index contributed by atoms with van der Waals surface area (Å²) >= 11 is 0. The molecule has 0 aliphatic carbocycles. The van der Waals surface area contributed by atoms with Gasteiger partial charge in [0.15, 0.2) is 0 Å². The average molecular weight is 207 g/mol. The van der Waals surface area contributed by atoms with Crippen LogP contribution in [0.3, 0.4) is 0 Å². The first-order valence-electron chi connectivity index (χ1n) is 4.65. The number of halogens is 1. The third-order valence-electron chi connectivity index (χ3n) is 2.65. The fourth-order valence-electron chi connectivity index (χ4n) is 1.71. The Balaban J connectivity index is 2.29. The van der Waals surface area contributed by atoms with Crippen molar-refractivity contribution in [1.29, 1.82) is 0 Å². The van der Waals surface area contributed by atoms with Crippen LogP contribution in [-0.2, 0) is 9.59 Å². The molecule has 0 saturated carbocycles. The van der Waals surface area contributed by atoms with Crippen molar-refractivity contribution < 1.29 is 14.0 Å². The monoisotopic (exact) mass is 207 g/mol. The standard InChI is InChI=1S/C11H10FNO2/c1-13-10(14)6-9(11(13)15)7-2-4-8(12)5-3-7/h2-5,9H,6H2,1H3/t9-/m0/s1. The first-order chi connectivity index (χ1) is 7.09. The van der Waals surface area contributed by atoms with E-state index >= 15 is 0 Å². The predicted molar refractivity (Wildman–Crippen MR) is 51.5 cm³/mol. The van der Waals surface area contributed by atoms with Gasteiger partial charge in [-0.3, -0.25) is 14.5 Å². The van der Waals surface area contributed by atoms with Gasteiger partial charge in [0.25, 0.3) is 0 Å². The summed E-state index contributed by atoms with van der Waals surface area (Å²) in [4.78, 5) is 24.0. The van der Waals surface area contributed by atoms with Crippen LogP contribution < -0.4 is 0 Å². The van der Waals surface area contributed by atoms with Gasteiger partial charge in [0, 0.05) is 13.5 Å². The van der Waals surface area contributed by atoms with E-state index in [0.29, 0.717) is 5.56 Å². The van der Waals surface area contributed by atoms with E-state index in [2.05, 4.69) is 0 Å². The highest BCUT2D eigenvalue weighted by molar-refractivity contribution is 6.05. The molecule has 1 aromatic carbocycles. The third kappa shape index (κ3) is 1.63. The molecule has 0 radical (unpaired) electrons. The summed E-state index contributed by atoms with van der Waals surface area (Å²) in [5, 5.41) is 0. The minimum atomic E-state index is -0.442. The molecule has 4 heteroatoms. The lowest BCUT2D eigenvalue weighted by atomic mass is 9.98. The molecule has 1 saturated heterocycles. The smallest absolute Gasteiger partial charge is 0.236 e. The van der Waals surface area contributed by atoms with Gasteiger partial charge in [-0.25, -0.2) is 4.39 Å². The number of hydrogen-bond donors (Lipinski definition) is 0. The van der Waals surface area contributed by atoms with Crippen LogP contribution in [0.1, 0.15) is 17.9 Å².